The summed E-state index contributed by atoms with van der Waals surface area (Å²) in [6, 6.07) is -1.57. The smallest absolute Gasteiger partial charge is 0.248 e. The van der Waals surface area contributed by atoms with E-state index in [0.29, 0.717) is 12.3 Å². The van der Waals surface area contributed by atoms with Crippen molar-refractivity contribution < 1.29 is 14.7 Å². The number of amides is 2. The fraction of sp³-hybridized carbons (Fsp3) is 0.727. The number of rotatable bonds is 7. The summed E-state index contributed by atoms with van der Waals surface area (Å²) in [4.78, 5) is 28.4. The molecular formula is C22H34N8O3. The predicted molar refractivity (Wildman–Crippen MR) is 119 cm³/mol. The topological polar surface area (TPSA) is 131 Å². The highest BCUT2D eigenvalue weighted by molar-refractivity contribution is 5.90. The molecule has 2 aliphatic rings. The minimum Gasteiger partial charge on any atom is -0.391 e. The number of carbonyl (C=O) groups is 2. The van der Waals surface area contributed by atoms with E-state index in [1.807, 2.05) is 33.9 Å². The molecule has 2 amide bonds. The maximum absolute atomic E-state index is 13.8. The normalized spacial score (nSPS) is 22.9. The van der Waals surface area contributed by atoms with Gasteiger partial charge in [-0.3, -0.25) is 14.3 Å². The highest BCUT2D eigenvalue weighted by Gasteiger charge is 2.45. The molecule has 33 heavy (non-hydrogen) atoms. The second-order valence-electron chi connectivity index (χ2n) is 10.6. The molecule has 2 N–H and O–H groups in total. The number of β-amino-alcohol motifs (C(OH)–C–C–N with tert-alkyl or cyclic N) is 1. The van der Waals surface area contributed by atoms with E-state index in [-0.39, 0.29) is 30.8 Å². The van der Waals surface area contributed by atoms with Gasteiger partial charge in [0.15, 0.2) is 0 Å². The van der Waals surface area contributed by atoms with Gasteiger partial charge in [0.25, 0.3) is 0 Å². The van der Waals surface area contributed by atoms with E-state index in [4.69, 9.17) is 0 Å². The van der Waals surface area contributed by atoms with Gasteiger partial charge in [0.2, 0.25) is 11.8 Å². The summed E-state index contributed by atoms with van der Waals surface area (Å²) in [7, 11) is 1.79. The number of aliphatic hydroxyl groups is 1. The Morgan fingerprint density at radius 1 is 1.21 bits per heavy atom. The zero-order chi connectivity index (χ0) is 23.9. The number of carbonyl (C=O) groups excluding carboxylic acids is 2. The zero-order valence-electron chi connectivity index (χ0n) is 20.0. The number of likely N-dealkylation sites (tertiary alicyclic amines) is 1. The quantitative estimate of drug-likeness (QED) is 0.620. The summed E-state index contributed by atoms with van der Waals surface area (Å²) < 4.78 is 3.25. The van der Waals surface area contributed by atoms with Crippen molar-refractivity contribution in [1.29, 1.82) is 0 Å². The van der Waals surface area contributed by atoms with Crippen molar-refractivity contribution in [2.24, 2.45) is 12.5 Å². The molecule has 0 aromatic carbocycles. The van der Waals surface area contributed by atoms with Crippen molar-refractivity contribution in [1.82, 2.24) is 40.2 Å². The van der Waals surface area contributed by atoms with E-state index >= 15 is 0 Å². The summed E-state index contributed by atoms with van der Waals surface area (Å²) in [6.07, 6.45) is 5.84. The van der Waals surface area contributed by atoms with Gasteiger partial charge in [-0.15, -0.1) is 10.2 Å². The van der Waals surface area contributed by atoms with Crippen molar-refractivity contribution in [3.63, 3.8) is 0 Å². The lowest BCUT2D eigenvalue weighted by Crippen LogP contribution is -2.51. The van der Waals surface area contributed by atoms with Gasteiger partial charge in [0, 0.05) is 50.8 Å². The van der Waals surface area contributed by atoms with Crippen molar-refractivity contribution in [3.05, 3.63) is 23.8 Å². The third kappa shape index (κ3) is 5.23. The van der Waals surface area contributed by atoms with Crippen LogP contribution in [0.1, 0.15) is 70.3 Å². The van der Waals surface area contributed by atoms with Crippen LogP contribution >= 0.6 is 0 Å². The van der Waals surface area contributed by atoms with Gasteiger partial charge in [0.05, 0.1) is 17.5 Å². The Morgan fingerprint density at radius 3 is 2.55 bits per heavy atom. The minimum absolute atomic E-state index is 0.117. The molecule has 2 aromatic heterocycles. The zero-order valence-corrected chi connectivity index (χ0v) is 20.0. The van der Waals surface area contributed by atoms with Crippen LogP contribution in [0, 0.1) is 5.41 Å². The number of nitrogens with one attached hydrogen (secondary N) is 1. The van der Waals surface area contributed by atoms with E-state index in [0.717, 1.165) is 24.2 Å². The first-order valence-electron chi connectivity index (χ1n) is 11.6. The van der Waals surface area contributed by atoms with Gasteiger partial charge in [-0.2, -0.15) is 0 Å². The molecule has 180 valence electrons. The molecule has 0 spiro atoms. The SMILES string of the molecule is C[C@H](Cc1cn(C)nn1)NC(=O)[C@@H]1C[C@@H](O)CN1C(=O)[C@@H](n1cc(C2CC2)nn1)C(C)(C)C. The fourth-order valence-electron chi connectivity index (χ4n) is 4.52. The Bertz CT molecular complexity index is 1010. The van der Waals surface area contributed by atoms with Crippen LogP contribution in [0.4, 0.5) is 0 Å². The molecule has 1 saturated heterocycles. The van der Waals surface area contributed by atoms with Crippen LogP contribution in [0.3, 0.4) is 0 Å². The third-order valence-corrected chi connectivity index (χ3v) is 6.26. The average molecular weight is 459 g/mol. The number of hydrogen-bond acceptors (Lipinski definition) is 7. The average Bonchev–Trinajstić information content (AvgIpc) is 3.10. The van der Waals surface area contributed by atoms with Gasteiger partial charge in [0.1, 0.15) is 12.1 Å². The highest BCUT2D eigenvalue weighted by atomic mass is 16.3. The molecular weight excluding hydrogens is 424 g/mol. The molecule has 1 saturated carbocycles. The first-order chi connectivity index (χ1) is 15.5. The first kappa shape index (κ1) is 23.3. The van der Waals surface area contributed by atoms with Gasteiger partial charge in [-0.05, 0) is 25.2 Å². The van der Waals surface area contributed by atoms with Gasteiger partial charge < -0.3 is 15.3 Å². The van der Waals surface area contributed by atoms with E-state index in [2.05, 4.69) is 25.9 Å². The lowest BCUT2D eigenvalue weighted by Gasteiger charge is -2.34. The fourth-order valence-corrected chi connectivity index (χ4v) is 4.52. The van der Waals surface area contributed by atoms with E-state index in [1.165, 1.54) is 4.90 Å². The number of nitrogens with zero attached hydrogens (tertiary/aromatic N) is 7. The van der Waals surface area contributed by atoms with Crippen LogP contribution in [-0.4, -0.2) is 76.5 Å². The lowest BCUT2D eigenvalue weighted by atomic mass is 9.85. The second kappa shape index (κ2) is 8.85. The van der Waals surface area contributed by atoms with Gasteiger partial charge in [-0.25, -0.2) is 4.68 Å². The lowest BCUT2D eigenvalue weighted by molar-refractivity contribution is -0.144. The third-order valence-electron chi connectivity index (χ3n) is 6.26. The molecule has 0 unspecified atom stereocenters. The number of aromatic nitrogens is 6. The molecule has 11 heteroatoms. The standard InChI is InChI=1S/C22H34N8O3/c1-13(8-15-10-28(5)26-24-15)23-20(32)18-9-16(31)11-29(18)21(33)19(22(2,3)4)30-12-17(25-27-30)14-6-7-14/h10,12-14,16,18-19,31H,6-9,11H2,1-5H3,(H,23,32)/t13-,16-,18+,19-/m1/s1. The molecule has 3 heterocycles. The van der Waals surface area contributed by atoms with Gasteiger partial charge in [-0.1, -0.05) is 31.2 Å². The van der Waals surface area contributed by atoms with Crippen molar-refractivity contribution in [3.8, 4) is 0 Å². The van der Waals surface area contributed by atoms with Crippen LogP contribution < -0.4 is 5.32 Å². The summed E-state index contributed by atoms with van der Waals surface area (Å²) in [6.45, 7) is 7.92. The van der Waals surface area contributed by atoms with E-state index in [1.54, 1.807) is 22.6 Å². The highest BCUT2D eigenvalue weighted by Crippen LogP contribution is 2.40. The number of hydrogen-bond donors (Lipinski definition) is 2. The van der Waals surface area contributed by atoms with E-state index < -0.39 is 23.6 Å². The summed E-state index contributed by atoms with van der Waals surface area (Å²) in [5.74, 6) is -0.0772. The number of aryl methyl sites for hydroxylation is 1. The Morgan fingerprint density at radius 2 is 1.94 bits per heavy atom. The van der Waals surface area contributed by atoms with Crippen LogP contribution in [0.2, 0.25) is 0 Å². The molecule has 4 rings (SSSR count). The molecule has 1 aliphatic carbocycles. The molecule has 0 bridgehead atoms. The molecule has 1 aliphatic heterocycles. The van der Waals surface area contributed by atoms with Crippen LogP contribution in [0.15, 0.2) is 12.4 Å². The Balaban J connectivity index is 1.49. The summed E-state index contributed by atoms with van der Waals surface area (Å²) in [5.41, 5.74) is 1.22. The van der Waals surface area contributed by atoms with Crippen molar-refractivity contribution in [2.45, 2.75) is 83.5 Å². The summed E-state index contributed by atoms with van der Waals surface area (Å²) >= 11 is 0. The predicted octanol–water partition coefficient (Wildman–Crippen LogP) is 0.580. The maximum atomic E-state index is 13.8. The molecule has 11 nitrogen and oxygen atoms in total. The van der Waals surface area contributed by atoms with Crippen LogP contribution in [0.5, 0.6) is 0 Å². The molecule has 0 radical (unpaired) electrons. The maximum Gasteiger partial charge on any atom is 0.248 e. The summed E-state index contributed by atoms with van der Waals surface area (Å²) in [5, 5.41) is 29.8. The largest absolute Gasteiger partial charge is 0.391 e. The second-order valence-corrected chi connectivity index (χ2v) is 10.6. The van der Waals surface area contributed by atoms with Gasteiger partial charge >= 0.3 is 0 Å². The first-order valence-corrected chi connectivity index (χ1v) is 11.6. The monoisotopic (exact) mass is 458 g/mol. The Kier molecular flexibility index (Phi) is 6.26. The molecule has 2 aromatic rings. The molecule has 2 fully saturated rings. The van der Waals surface area contributed by atoms with Crippen LogP contribution in [-0.2, 0) is 23.1 Å². The Labute approximate surface area is 193 Å². The van der Waals surface area contributed by atoms with Crippen molar-refractivity contribution in [2.75, 3.05) is 6.54 Å². The Hall–Kier alpha value is -2.82. The van der Waals surface area contributed by atoms with Crippen LogP contribution in [0.25, 0.3) is 0 Å². The van der Waals surface area contributed by atoms with E-state index in [9.17, 15) is 14.7 Å². The van der Waals surface area contributed by atoms with Crippen molar-refractivity contribution >= 4 is 11.8 Å². The number of aliphatic hydroxyl groups excluding tert-OH is 1. The molecule has 4 atom stereocenters. The minimum atomic E-state index is -0.751.